The third kappa shape index (κ3) is 4.10. The van der Waals surface area contributed by atoms with E-state index in [0.29, 0.717) is 16.8 Å². The van der Waals surface area contributed by atoms with Crippen molar-refractivity contribution in [2.24, 2.45) is 0 Å². The van der Waals surface area contributed by atoms with E-state index in [2.05, 4.69) is 5.10 Å². The number of ether oxygens (including phenoxy) is 1. The van der Waals surface area contributed by atoms with Gasteiger partial charge in [-0.2, -0.15) is 5.10 Å². The van der Waals surface area contributed by atoms with Gasteiger partial charge < -0.3 is 4.74 Å². The van der Waals surface area contributed by atoms with E-state index >= 15 is 0 Å². The number of benzene rings is 3. The van der Waals surface area contributed by atoms with Crippen LogP contribution < -0.4 is 0 Å². The van der Waals surface area contributed by atoms with E-state index in [1.165, 1.54) is 12.1 Å². The van der Waals surface area contributed by atoms with Crippen molar-refractivity contribution in [1.82, 2.24) is 9.78 Å². The first-order valence-electron chi connectivity index (χ1n) is 9.23. The highest BCUT2D eigenvalue weighted by Gasteiger charge is 2.20. The fourth-order valence-electron chi connectivity index (χ4n) is 3.03. The fraction of sp³-hybridized carbons (Fsp3) is 0.0435. The molecule has 7 nitrogen and oxygen atoms in total. The lowest BCUT2D eigenvalue weighted by Crippen LogP contribution is -2.06. The summed E-state index contributed by atoms with van der Waals surface area (Å²) in [5, 5.41) is 15.5. The van der Waals surface area contributed by atoms with Crippen molar-refractivity contribution < 1.29 is 14.5 Å². The molecule has 0 aliphatic rings. The molecular weight excluding hydrogens is 382 g/mol. The Labute approximate surface area is 172 Å². The molecule has 3 aromatic carbocycles. The van der Waals surface area contributed by atoms with Gasteiger partial charge in [-0.15, -0.1) is 0 Å². The molecule has 0 N–H and O–H groups in total. The third-order valence-corrected chi connectivity index (χ3v) is 4.49. The number of hydrogen-bond acceptors (Lipinski definition) is 5. The number of carbonyl (C=O) groups is 1. The molecule has 0 bridgehead atoms. The standard InChI is InChI=1S/C23H17N3O4/c27-23(30-16-17-8-7-13-20(14-17)26(28)29)21-15-25(19-11-5-2-6-12-19)24-22(21)18-9-3-1-4-10-18/h1-15H,16H2. The van der Waals surface area contributed by atoms with Gasteiger partial charge in [0.05, 0.1) is 10.6 Å². The zero-order valence-corrected chi connectivity index (χ0v) is 15.8. The Morgan fingerprint density at radius 3 is 2.37 bits per heavy atom. The van der Waals surface area contributed by atoms with Gasteiger partial charge in [0.15, 0.2) is 0 Å². The van der Waals surface area contributed by atoms with Crippen LogP contribution >= 0.6 is 0 Å². The van der Waals surface area contributed by atoms with Gasteiger partial charge in [-0.25, -0.2) is 9.48 Å². The Balaban J connectivity index is 1.63. The van der Waals surface area contributed by atoms with E-state index in [4.69, 9.17) is 4.74 Å². The first-order chi connectivity index (χ1) is 14.6. The van der Waals surface area contributed by atoms with Gasteiger partial charge in [-0.3, -0.25) is 10.1 Å². The summed E-state index contributed by atoms with van der Waals surface area (Å²) in [5.41, 5.74) is 2.90. The first-order valence-corrected chi connectivity index (χ1v) is 9.23. The average Bonchev–Trinajstić information content (AvgIpc) is 3.24. The lowest BCUT2D eigenvalue weighted by molar-refractivity contribution is -0.384. The molecule has 148 valence electrons. The van der Waals surface area contributed by atoms with Crippen LogP contribution in [-0.4, -0.2) is 20.7 Å². The third-order valence-electron chi connectivity index (χ3n) is 4.49. The number of esters is 1. The minimum absolute atomic E-state index is 0.0505. The zero-order chi connectivity index (χ0) is 20.9. The number of non-ortho nitro benzene ring substituents is 1. The number of rotatable bonds is 6. The molecule has 0 atom stereocenters. The second kappa shape index (κ2) is 8.40. The molecule has 1 aromatic heterocycles. The van der Waals surface area contributed by atoms with Crippen LogP contribution in [0.15, 0.2) is 91.1 Å². The summed E-state index contributed by atoms with van der Waals surface area (Å²) in [6.07, 6.45) is 1.63. The van der Waals surface area contributed by atoms with Crippen LogP contribution in [0.5, 0.6) is 0 Å². The fourth-order valence-corrected chi connectivity index (χ4v) is 3.03. The highest BCUT2D eigenvalue weighted by molar-refractivity contribution is 5.96. The quantitative estimate of drug-likeness (QED) is 0.264. The van der Waals surface area contributed by atoms with Crippen molar-refractivity contribution in [3.63, 3.8) is 0 Å². The molecule has 0 aliphatic heterocycles. The summed E-state index contributed by atoms with van der Waals surface area (Å²) in [6.45, 7) is -0.0781. The van der Waals surface area contributed by atoms with Crippen molar-refractivity contribution in [3.05, 3.63) is 112 Å². The van der Waals surface area contributed by atoms with Crippen LogP contribution in [0.4, 0.5) is 5.69 Å². The molecule has 0 radical (unpaired) electrons. The summed E-state index contributed by atoms with van der Waals surface area (Å²) in [4.78, 5) is 23.3. The Morgan fingerprint density at radius 1 is 0.967 bits per heavy atom. The van der Waals surface area contributed by atoms with Gasteiger partial charge in [0.1, 0.15) is 17.9 Å². The molecule has 4 aromatic rings. The Bertz CT molecular complexity index is 1190. The largest absolute Gasteiger partial charge is 0.457 e. The number of para-hydroxylation sites is 1. The van der Waals surface area contributed by atoms with Crippen LogP contribution in [0.25, 0.3) is 16.9 Å². The van der Waals surface area contributed by atoms with Crippen molar-refractivity contribution in [3.8, 4) is 16.9 Å². The molecule has 0 saturated carbocycles. The van der Waals surface area contributed by atoms with Crippen molar-refractivity contribution in [2.75, 3.05) is 0 Å². The highest BCUT2D eigenvalue weighted by Crippen LogP contribution is 2.25. The normalized spacial score (nSPS) is 10.5. The van der Waals surface area contributed by atoms with Gasteiger partial charge >= 0.3 is 5.97 Å². The summed E-state index contributed by atoms with van der Waals surface area (Å²) >= 11 is 0. The van der Waals surface area contributed by atoms with Gasteiger partial charge in [-0.1, -0.05) is 60.7 Å². The smallest absolute Gasteiger partial charge is 0.342 e. The van der Waals surface area contributed by atoms with Crippen molar-refractivity contribution in [2.45, 2.75) is 6.61 Å². The van der Waals surface area contributed by atoms with Crippen LogP contribution in [0.2, 0.25) is 0 Å². The summed E-state index contributed by atoms with van der Waals surface area (Å²) in [6, 6.07) is 24.8. The van der Waals surface area contributed by atoms with Gasteiger partial charge in [0, 0.05) is 23.9 Å². The van der Waals surface area contributed by atoms with E-state index in [9.17, 15) is 14.9 Å². The Morgan fingerprint density at radius 2 is 1.67 bits per heavy atom. The SMILES string of the molecule is O=C(OCc1cccc([N+](=O)[O-])c1)c1cn(-c2ccccc2)nc1-c1ccccc1. The summed E-state index contributed by atoms with van der Waals surface area (Å²) in [7, 11) is 0. The number of nitro benzene ring substituents is 1. The highest BCUT2D eigenvalue weighted by atomic mass is 16.6. The molecule has 7 heteroatoms. The molecule has 0 amide bonds. The molecule has 0 saturated heterocycles. The van der Waals surface area contributed by atoms with Crippen LogP contribution in [0.3, 0.4) is 0 Å². The predicted molar refractivity (Wildman–Crippen MR) is 111 cm³/mol. The number of aromatic nitrogens is 2. The molecule has 0 unspecified atom stereocenters. The maximum atomic E-state index is 12.9. The average molecular weight is 399 g/mol. The van der Waals surface area contributed by atoms with E-state index in [1.807, 2.05) is 60.7 Å². The molecule has 0 spiro atoms. The second-order valence-electron chi connectivity index (χ2n) is 6.54. The molecule has 0 aliphatic carbocycles. The first kappa shape index (κ1) is 19.1. The van der Waals surface area contributed by atoms with Gasteiger partial charge in [0.25, 0.3) is 5.69 Å². The predicted octanol–water partition coefficient (Wildman–Crippen LogP) is 4.80. The second-order valence-corrected chi connectivity index (χ2v) is 6.54. The minimum Gasteiger partial charge on any atom is -0.457 e. The summed E-state index contributed by atoms with van der Waals surface area (Å²) < 4.78 is 7.08. The van der Waals surface area contributed by atoms with E-state index < -0.39 is 10.9 Å². The van der Waals surface area contributed by atoms with Crippen molar-refractivity contribution >= 4 is 11.7 Å². The van der Waals surface area contributed by atoms with Crippen molar-refractivity contribution in [1.29, 1.82) is 0 Å². The zero-order valence-electron chi connectivity index (χ0n) is 15.8. The number of carbonyl (C=O) groups excluding carboxylic acids is 1. The monoisotopic (exact) mass is 399 g/mol. The van der Waals surface area contributed by atoms with Crippen LogP contribution in [0.1, 0.15) is 15.9 Å². The lowest BCUT2D eigenvalue weighted by Gasteiger charge is -2.05. The van der Waals surface area contributed by atoms with Crippen LogP contribution in [0, 0.1) is 10.1 Å². The minimum atomic E-state index is -0.553. The maximum absolute atomic E-state index is 12.9. The number of nitro groups is 1. The van der Waals surface area contributed by atoms with E-state index in [-0.39, 0.29) is 12.3 Å². The molecule has 4 rings (SSSR count). The van der Waals surface area contributed by atoms with Gasteiger partial charge in [0.2, 0.25) is 0 Å². The Kier molecular flexibility index (Phi) is 5.34. The lowest BCUT2D eigenvalue weighted by atomic mass is 10.1. The molecule has 30 heavy (non-hydrogen) atoms. The topological polar surface area (TPSA) is 87.3 Å². The van der Waals surface area contributed by atoms with E-state index in [1.54, 1.807) is 23.0 Å². The molecule has 1 heterocycles. The summed E-state index contributed by atoms with van der Waals surface area (Å²) in [5.74, 6) is -0.553. The van der Waals surface area contributed by atoms with Gasteiger partial charge in [-0.05, 0) is 17.7 Å². The molecular formula is C23H17N3O4. The Hall–Kier alpha value is -4.26. The number of hydrogen-bond donors (Lipinski definition) is 0. The number of nitrogens with zero attached hydrogens (tertiary/aromatic N) is 3. The molecule has 0 fully saturated rings. The van der Waals surface area contributed by atoms with Crippen LogP contribution in [-0.2, 0) is 11.3 Å². The maximum Gasteiger partial charge on any atom is 0.342 e. The van der Waals surface area contributed by atoms with E-state index in [0.717, 1.165) is 11.3 Å².